The largest absolute Gasteiger partial charge is 0.473 e. The molecule has 19 heavy (non-hydrogen) atoms. The van der Waals surface area contributed by atoms with Crippen molar-refractivity contribution in [2.24, 2.45) is 5.92 Å². The first-order valence-corrected chi connectivity index (χ1v) is 7.44. The van der Waals surface area contributed by atoms with Crippen LogP contribution in [0.3, 0.4) is 0 Å². The summed E-state index contributed by atoms with van der Waals surface area (Å²) in [4.78, 5) is 2.36. The lowest BCUT2D eigenvalue weighted by Gasteiger charge is -2.29. The number of aliphatic hydroxyl groups excluding tert-OH is 1. The zero-order valence-electron chi connectivity index (χ0n) is 11.3. The number of hydrogen-bond acceptors (Lipinski definition) is 7. The highest BCUT2D eigenvalue weighted by Crippen LogP contribution is 2.14. The van der Waals surface area contributed by atoms with Crippen molar-refractivity contribution in [3.63, 3.8) is 0 Å². The summed E-state index contributed by atoms with van der Waals surface area (Å²) in [7, 11) is 2.16. The van der Waals surface area contributed by atoms with Crippen LogP contribution < -0.4 is 10.1 Å². The van der Waals surface area contributed by atoms with Crippen LogP contribution in [-0.4, -0.2) is 64.7 Å². The molecule has 0 bridgehead atoms. The molecule has 0 saturated carbocycles. The van der Waals surface area contributed by atoms with Gasteiger partial charge < -0.3 is 20.1 Å². The number of nitrogens with zero attached hydrogens (tertiary/aromatic N) is 3. The van der Waals surface area contributed by atoms with Crippen molar-refractivity contribution in [3.05, 3.63) is 6.20 Å². The summed E-state index contributed by atoms with van der Waals surface area (Å²) in [6.07, 6.45) is 3.53. The smallest absolute Gasteiger partial charge is 0.245 e. The average molecular weight is 286 g/mol. The first-order chi connectivity index (χ1) is 9.24. The van der Waals surface area contributed by atoms with Crippen LogP contribution in [0.25, 0.3) is 0 Å². The van der Waals surface area contributed by atoms with Crippen LogP contribution in [-0.2, 0) is 0 Å². The molecule has 2 N–H and O–H groups in total. The second kappa shape index (κ2) is 7.74. The molecule has 2 rings (SSSR count). The highest BCUT2D eigenvalue weighted by molar-refractivity contribution is 6.99. The van der Waals surface area contributed by atoms with Gasteiger partial charge in [0.1, 0.15) is 18.9 Å². The monoisotopic (exact) mass is 286 g/mol. The van der Waals surface area contributed by atoms with Gasteiger partial charge in [0.05, 0.1) is 11.7 Å². The molecule has 6 nitrogen and oxygen atoms in total. The number of hydrogen-bond donors (Lipinski definition) is 2. The fourth-order valence-corrected chi connectivity index (χ4v) is 2.55. The number of aliphatic hydroxyl groups is 1. The molecule has 1 aromatic heterocycles. The Hall–Kier alpha value is -0.760. The number of piperidine rings is 1. The normalized spacial score (nSPS) is 19.5. The summed E-state index contributed by atoms with van der Waals surface area (Å²) in [6.45, 7) is 4.14. The third kappa shape index (κ3) is 5.40. The van der Waals surface area contributed by atoms with Crippen LogP contribution in [0.4, 0.5) is 0 Å². The SMILES string of the molecule is CN1CCC(CNCC(O)COc2cnsn2)CC1. The van der Waals surface area contributed by atoms with Crippen LogP contribution in [0.15, 0.2) is 6.20 Å². The Morgan fingerprint density at radius 2 is 2.37 bits per heavy atom. The Morgan fingerprint density at radius 3 is 3.05 bits per heavy atom. The number of nitrogens with one attached hydrogen (secondary N) is 1. The summed E-state index contributed by atoms with van der Waals surface area (Å²) >= 11 is 1.10. The van der Waals surface area contributed by atoms with Gasteiger partial charge in [-0.05, 0) is 45.4 Å². The van der Waals surface area contributed by atoms with Gasteiger partial charge in [-0.25, -0.2) is 0 Å². The molecular formula is C12H22N4O2S. The summed E-state index contributed by atoms with van der Waals surface area (Å²) in [5.41, 5.74) is 0. The Labute approximate surface area is 118 Å². The van der Waals surface area contributed by atoms with Crippen LogP contribution in [0.5, 0.6) is 5.88 Å². The molecule has 0 radical (unpaired) electrons. The number of likely N-dealkylation sites (tertiary alicyclic amines) is 1. The minimum absolute atomic E-state index is 0.256. The molecule has 0 amide bonds. The summed E-state index contributed by atoms with van der Waals surface area (Å²) in [6, 6.07) is 0. The minimum Gasteiger partial charge on any atom is -0.473 e. The standard InChI is InChI=1S/C12H22N4O2S/c1-16-4-2-10(3-5-16)6-13-7-11(17)9-18-12-8-14-19-15-12/h8,10-11,13,17H,2-7,9H2,1H3. The van der Waals surface area contributed by atoms with Crippen LogP contribution in [0, 0.1) is 5.92 Å². The fourth-order valence-electron chi connectivity index (χ4n) is 2.18. The van der Waals surface area contributed by atoms with E-state index < -0.39 is 6.10 Å². The van der Waals surface area contributed by atoms with Gasteiger partial charge in [0.15, 0.2) is 0 Å². The number of aromatic nitrogens is 2. The predicted molar refractivity (Wildman–Crippen MR) is 74.5 cm³/mol. The third-order valence-corrected chi connectivity index (χ3v) is 3.88. The van der Waals surface area contributed by atoms with Gasteiger partial charge in [-0.2, -0.15) is 4.37 Å². The molecule has 1 aliphatic rings. The van der Waals surface area contributed by atoms with E-state index in [4.69, 9.17) is 4.74 Å². The third-order valence-electron chi connectivity index (χ3n) is 3.42. The summed E-state index contributed by atoms with van der Waals surface area (Å²) in [5, 5.41) is 13.1. The van der Waals surface area contributed by atoms with Gasteiger partial charge in [-0.1, -0.05) is 0 Å². The number of ether oxygens (including phenoxy) is 1. The zero-order chi connectivity index (χ0) is 13.5. The molecule has 1 unspecified atom stereocenters. The van der Waals surface area contributed by atoms with Gasteiger partial charge in [-0.3, -0.25) is 0 Å². The van der Waals surface area contributed by atoms with Crippen LogP contribution in [0.2, 0.25) is 0 Å². The maximum atomic E-state index is 9.78. The van der Waals surface area contributed by atoms with Gasteiger partial charge in [0, 0.05) is 6.54 Å². The van der Waals surface area contributed by atoms with E-state index in [0.29, 0.717) is 12.4 Å². The Balaban J connectivity index is 1.52. The topological polar surface area (TPSA) is 70.5 Å². The molecule has 1 aliphatic heterocycles. The zero-order valence-corrected chi connectivity index (χ0v) is 12.1. The van der Waals surface area contributed by atoms with E-state index in [9.17, 15) is 5.11 Å². The van der Waals surface area contributed by atoms with E-state index in [1.54, 1.807) is 6.20 Å². The summed E-state index contributed by atoms with van der Waals surface area (Å²) in [5.74, 6) is 1.21. The molecule has 1 aromatic rings. The molecular weight excluding hydrogens is 264 g/mol. The molecule has 108 valence electrons. The summed E-state index contributed by atoms with van der Waals surface area (Å²) < 4.78 is 13.1. The van der Waals surface area contributed by atoms with Crippen molar-refractivity contribution in [1.29, 1.82) is 0 Å². The van der Waals surface area contributed by atoms with E-state index in [1.165, 1.54) is 25.9 Å². The second-order valence-electron chi connectivity index (χ2n) is 5.12. The fraction of sp³-hybridized carbons (Fsp3) is 0.833. The average Bonchev–Trinajstić information content (AvgIpc) is 2.92. The molecule has 0 aromatic carbocycles. The van der Waals surface area contributed by atoms with Crippen LogP contribution >= 0.6 is 11.7 Å². The maximum Gasteiger partial charge on any atom is 0.245 e. The van der Waals surface area contributed by atoms with Crippen LogP contribution in [0.1, 0.15) is 12.8 Å². The molecule has 1 saturated heterocycles. The second-order valence-corrected chi connectivity index (χ2v) is 5.67. The van der Waals surface area contributed by atoms with E-state index in [1.807, 2.05) is 0 Å². The first-order valence-electron chi connectivity index (χ1n) is 6.71. The van der Waals surface area contributed by atoms with Crippen molar-refractivity contribution in [2.45, 2.75) is 18.9 Å². The van der Waals surface area contributed by atoms with Crippen molar-refractivity contribution in [1.82, 2.24) is 19.0 Å². The van der Waals surface area contributed by atoms with Crippen molar-refractivity contribution >= 4 is 11.7 Å². The van der Waals surface area contributed by atoms with Gasteiger partial charge in [0.25, 0.3) is 0 Å². The van der Waals surface area contributed by atoms with Crippen molar-refractivity contribution in [3.8, 4) is 5.88 Å². The Bertz CT molecular complexity index is 342. The van der Waals surface area contributed by atoms with Gasteiger partial charge in [-0.15, -0.1) is 4.37 Å². The molecule has 1 atom stereocenters. The van der Waals surface area contributed by atoms with Crippen molar-refractivity contribution < 1.29 is 9.84 Å². The Kier molecular flexibility index (Phi) is 5.96. The molecule has 2 heterocycles. The predicted octanol–water partition coefficient (Wildman–Crippen LogP) is 0.209. The molecule has 1 fully saturated rings. The molecule has 0 aliphatic carbocycles. The lowest BCUT2D eigenvalue weighted by molar-refractivity contribution is 0.102. The molecule has 0 spiro atoms. The lowest BCUT2D eigenvalue weighted by Crippen LogP contribution is -2.38. The number of rotatable bonds is 7. The van der Waals surface area contributed by atoms with Gasteiger partial charge >= 0.3 is 0 Å². The van der Waals surface area contributed by atoms with Gasteiger partial charge in [0.2, 0.25) is 5.88 Å². The van der Waals surface area contributed by atoms with Crippen molar-refractivity contribution in [2.75, 3.05) is 39.8 Å². The molecule has 7 heteroatoms. The lowest BCUT2D eigenvalue weighted by atomic mass is 9.97. The quantitative estimate of drug-likeness (QED) is 0.747. The van der Waals surface area contributed by atoms with E-state index in [0.717, 1.165) is 24.2 Å². The Morgan fingerprint density at radius 1 is 1.58 bits per heavy atom. The van der Waals surface area contributed by atoms with E-state index in [-0.39, 0.29) is 6.61 Å². The highest BCUT2D eigenvalue weighted by atomic mass is 32.1. The van der Waals surface area contributed by atoms with E-state index >= 15 is 0 Å². The van der Waals surface area contributed by atoms with E-state index in [2.05, 4.69) is 26.0 Å². The minimum atomic E-state index is -0.507. The highest BCUT2D eigenvalue weighted by Gasteiger charge is 2.16. The first kappa shape index (κ1) is 14.6. The maximum absolute atomic E-state index is 9.78.